The van der Waals surface area contributed by atoms with Crippen molar-refractivity contribution in [1.29, 1.82) is 0 Å². The molecule has 2 N–H and O–H groups in total. The zero-order chi connectivity index (χ0) is 13.1. The average molecular weight is 256 g/mol. The molecule has 0 bridgehead atoms. The topological polar surface area (TPSA) is 73.1 Å². The molecule has 1 rings (SSSR count). The summed E-state index contributed by atoms with van der Waals surface area (Å²) in [6.45, 7) is 3.86. The molecule has 5 heteroatoms. The van der Waals surface area contributed by atoms with Gasteiger partial charge in [0, 0.05) is 29.4 Å². The Kier molecular flexibility index (Phi) is 4.65. The SMILES string of the molecule is Cc1cc(C(N)CCCS(C)(=O)=O)cc(C)n1. The zero-order valence-corrected chi connectivity index (χ0v) is 11.4. The Balaban J connectivity index is 2.61. The molecule has 0 aliphatic heterocycles. The second-order valence-electron chi connectivity index (χ2n) is 4.56. The fraction of sp³-hybridized carbons (Fsp3) is 0.583. The van der Waals surface area contributed by atoms with E-state index in [1.807, 2.05) is 26.0 Å². The molecule has 0 aliphatic carbocycles. The maximum absolute atomic E-state index is 11.0. The van der Waals surface area contributed by atoms with E-state index >= 15 is 0 Å². The highest BCUT2D eigenvalue weighted by atomic mass is 32.2. The Morgan fingerprint density at radius 2 is 1.82 bits per heavy atom. The van der Waals surface area contributed by atoms with Gasteiger partial charge in [0.1, 0.15) is 9.84 Å². The summed E-state index contributed by atoms with van der Waals surface area (Å²) < 4.78 is 22.0. The molecular formula is C12H20N2O2S. The van der Waals surface area contributed by atoms with Gasteiger partial charge in [0.2, 0.25) is 0 Å². The minimum atomic E-state index is -2.89. The molecule has 1 unspecified atom stereocenters. The Labute approximate surface area is 103 Å². The minimum absolute atomic E-state index is 0.114. The lowest BCUT2D eigenvalue weighted by atomic mass is 10.0. The number of pyridine rings is 1. The van der Waals surface area contributed by atoms with Crippen molar-refractivity contribution in [3.05, 3.63) is 29.1 Å². The van der Waals surface area contributed by atoms with Crippen LogP contribution in [0.3, 0.4) is 0 Å². The molecule has 0 spiro atoms. The summed E-state index contributed by atoms with van der Waals surface area (Å²) in [4.78, 5) is 4.28. The van der Waals surface area contributed by atoms with E-state index in [2.05, 4.69) is 4.98 Å². The maximum Gasteiger partial charge on any atom is 0.147 e. The minimum Gasteiger partial charge on any atom is -0.324 e. The number of hydrogen-bond acceptors (Lipinski definition) is 4. The van der Waals surface area contributed by atoms with E-state index in [1.165, 1.54) is 6.26 Å². The molecule has 1 atom stereocenters. The first kappa shape index (κ1) is 14.1. The van der Waals surface area contributed by atoms with Crippen LogP contribution in [0.4, 0.5) is 0 Å². The third-order valence-corrected chi connectivity index (χ3v) is 3.59. The van der Waals surface area contributed by atoms with Crippen molar-refractivity contribution in [2.24, 2.45) is 5.73 Å². The Hall–Kier alpha value is -0.940. The molecule has 4 nitrogen and oxygen atoms in total. The van der Waals surface area contributed by atoms with Gasteiger partial charge in [-0.05, 0) is 44.4 Å². The van der Waals surface area contributed by atoms with Gasteiger partial charge in [0.25, 0.3) is 0 Å². The molecule has 0 aromatic carbocycles. The number of sulfone groups is 1. The summed E-state index contributed by atoms with van der Waals surface area (Å²) in [5.74, 6) is 0.198. The maximum atomic E-state index is 11.0. The van der Waals surface area contributed by atoms with Gasteiger partial charge in [-0.3, -0.25) is 4.98 Å². The number of aromatic nitrogens is 1. The number of hydrogen-bond donors (Lipinski definition) is 1. The van der Waals surface area contributed by atoms with Crippen molar-refractivity contribution in [1.82, 2.24) is 4.98 Å². The Bertz CT molecular complexity index is 463. The van der Waals surface area contributed by atoms with E-state index in [0.29, 0.717) is 12.8 Å². The molecule has 0 amide bonds. The highest BCUT2D eigenvalue weighted by Gasteiger charge is 2.09. The lowest BCUT2D eigenvalue weighted by Crippen LogP contribution is -2.13. The van der Waals surface area contributed by atoms with Crippen molar-refractivity contribution in [3.8, 4) is 0 Å². The standard InChI is InChI=1S/C12H20N2O2S/c1-9-7-11(8-10(2)14-9)12(13)5-4-6-17(3,15)16/h7-8,12H,4-6,13H2,1-3H3. The molecule has 0 saturated carbocycles. The highest BCUT2D eigenvalue weighted by molar-refractivity contribution is 7.90. The van der Waals surface area contributed by atoms with Gasteiger partial charge < -0.3 is 5.73 Å². The molecule has 0 radical (unpaired) electrons. The van der Waals surface area contributed by atoms with Gasteiger partial charge in [-0.2, -0.15) is 0 Å². The van der Waals surface area contributed by atoms with Crippen LogP contribution in [0.2, 0.25) is 0 Å². The second-order valence-corrected chi connectivity index (χ2v) is 6.82. The van der Waals surface area contributed by atoms with Crippen molar-refractivity contribution in [3.63, 3.8) is 0 Å². The molecule has 1 aromatic rings. The first-order valence-corrected chi connectivity index (χ1v) is 7.72. The molecule has 17 heavy (non-hydrogen) atoms. The first-order chi connectivity index (χ1) is 7.78. The van der Waals surface area contributed by atoms with Crippen LogP contribution < -0.4 is 5.73 Å². The molecule has 0 fully saturated rings. The molecule has 96 valence electrons. The van der Waals surface area contributed by atoms with Crippen molar-refractivity contribution < 1.29 is 8.42 Å². The van der Waals surface area contributed by atoms with E-state index in [9.17, 15) is 8.42 Å². The van der Waals surface area contributed by atoms with Gasteiger partial charge in [-0.1, -0.05) is 0 Å². The number of nitrogens with zero attached hydrogens (tertiary/aromatic N) is 1. The monoisotopic (exact) mass is 256 g/mol. The van der Waals surface area contributed by atoms with Crippen LogP contribution in [0.25, 0.3) is 0 Å². The van der Waals surface area contributed by atoms with Gasteiger partial charge in [-0.25, -0.2) is 8.42 Å². The van der Waals surface area contributed by atoms with Crippen molar-refractivity contribution >= 4 is 9.84 Å². The summed E-state index contributed by atoms with van der Waals surface area (Å²) >= 11 is 0. The largest absolute Gasteiger partial charge is 0.324 e. The smallest absolute Gasteiger partial charge is 0.147 e. The lowest BCUT2D eigenvalue weighted by molar-refractivity contribution is 0.587. The number of rotatable bonds is 5. The average Bonchev–Trinajstić information content (AvgIpc) is 2.13. The second kappa shape index (κ2) is 5.60. The van der Waals surface area contributed by atoms with Gasteiger partial charge in [0.15, 0.2) is 0 Å². The third-order valence-electron chi connectivity index (χ3n) is 2.56. The zero-order valence-electron chi connectivity index (χ0n) is 10.6. The van der Waals surface area contributed by atoms with Crippen LogP contribution in [0.5, 0.6) is 0 Å². The molecule has 1 aromatic heterocycles. The van der Waals surface area contributed by atoms with E-state index in [-0.39, 0.29) is 11.8 Å². The van der Waals surface area contributed by atoms with Gasteiger partial charge in [-0.15, -0.1) is 0 Å². The van der Waals surface area contributed by atoms with Gasteiger partial charge >= 0.3 is 0 Å². The normalized spacial score (nSPS) is 13.6. The molecule has 1 heterocycles. The predicted molar refractivity (Wildman–Crippen MR) is 69.6 cm³/mol. The molecular weight excluding hydrogens is 236 g/mol. The van der Waals surface area contributed by atoms with Crippen LogP contribution in [0, 0.1) is 13.8 Å². The third kappa shape index (κ3) is 5.28. The van der Waals surface area contributed by atoms with E-state index in [0.717, 1.165) is 17.0 Å². The first-order valence-electron chi connectivity index (χ1n) is 5.66. The number of aryl methyl sites for hydroxylation is 2. The van der Waals surface area contributed by atoms with E-state index in [1.54, 1.807) is 0 Å². The quantitative estimate of drug-likeness (QED) is 0.867. The summed E-state index contributed by atoms with van der Waals surface area (Å²) in [6, 6.07) is 3.80. The van der Waals surface area contributed by atoms with Crippen molar-refractivity contribution in [2.45, 2.75) is 32.7 Å². The molecule has 0 saturated heterocycles. The van der Waals surface area contributed by atoms with Crippen molar-refractivity contribution in [2.75, 3.05) is 12.0 Å². The van der Waals surface area contributed by atoms with Crippen LogP contribution in [-0.4, -0.2) is 25.4 Å². The van der Waals surface area contributed by atoms with Crippen LogP contribution in [0.15, 0.2) is 12.1 Å². The lowest BCUT2D eigenvalue weighted by Gasteiger charge is -2.13. The predicted octanol–water partition coefficient (Wildman–Crippen LogP) is 1.52. The summed E-state index contributed by atoms with van der Waals surface area (Å²) in [5.41, 5.74) is 8.96. The Morgan fingerprint density at radius 1 is 1.29 bits per heavy atom. The number of nitrogens with two attached hydrogens (primary N) is 1. The summed E-state index contributed by atoms with van der Waals surface area (Å²) in [5, 5.41) is 0. The highest BCUT2D eigenvalue weighted by Crippen LogP contribution is 2.17. The summed E-state index contributed by atoms with van der Waals surface area (Å²) in [6.07, 6.45) is 2.52. The fourth-order valence-corrected chi connectivity index (χ4v) is 2.50. The molecule has 0 aliphatic rings. The van der Waals surface area contributed by atoms with Gasteiger partial charge in [0.05, 0.1) is 0 Å². The van der Waals surface area contributed by atoms with Crippen LogP contribution in [-0.2, 0) is 9.84 Å². The van der Waals surface area contributed by atoms with E-state index in [4.69, 9.17) is 5.73 Å². The van der Waals surface area contributed by atoms with Crippen LogP contribution in [0.1, 0.15) is 35.8 Å². The fourth-order valence-electron chi connectivity index (χ4n) is 1.81. The van der Waals surface area contributed by atoms with E-state index < -0.39 is 9.84 Å². The van der Waals surface area contributed by atoms with Crippen LogP contribution >= 0.6 is 0 Å². The summed E-state index contributed by atoms with van der Waals surface area (Å²) in [7, 11) is -2.89. The Morgan fingerprint density at radius 3 is 2.29 bits per heavy atom.